The highest BCUT2D eigenvalue weighted by Gasteiger charge is 2.29. The smallest absolute Gasteiger partial charge is 0.268 e. The Hall–Kier alpha value is -2.22. The van der Waals surface area contributed by atoms with E-state index in [2.05, 4.69) is 24.4 Å². The van der Waals surface area contributed by atoms with E-state index in [9.17, 15) is 5.11 Å². The van der Waals surface area contributed by atoms with Gasteiger partial charge in [0, 0.05) is 12.1 Å². The first kappa shape index (κ1) is 21.0. The van der Waals surface area contributed by atoms with Gasteiger partial charge >= 0.3 is 0 Å². The van der Waals surface area contributed by atoms with Crippen LogP contribution in [-0.4, -0.2) is 34.5 Å². The molecule has 1 aliphatic carbocycles. The van der Waals surface area contributed by atoms with Gasteiger partial charge in [-0.2, -0.15) is 4.98 Å². The summed E-state index contributed by atoms with van der Waals surface area (Å²) in [5.74, 6) is 1.92. The fourth-order valence-corrected chi connectivity index (χ4v) is 5.12. The summed E-state index contributed by atoms with van der Waals surface area (Å²) in [6, 6.07) is 3.97. The fourth-order valence-electron chi connectivity index (χ4n) is 4.07. The van der Waals surface area contributed by atoms with E-state index in [0.717, 1.165) is 40.2 Å². The third kappa shape index (κ3) is 4.15. The predicted molar refractivity (Wildman–Crippen MR) is 119 cm³/mol. The summed E-state index contributed by atoms with van der Waals surface area (Å²) in [5, 5.41) is 16.1. The van der Waals surface area contributed by atoms with E-state index >= 15 is 0 Å². The van der Waals surface area contributed by atoms with Gasteiger partial charge in [0.25, 0.3) is 5.89 Å². The maximum atomic E-state index is 9.66. The van der Waals surface area contributed by atoms with Gasteiger partial charge in [0.15, 0.2) is 0 Å². The lowest BCUT2D eigenvalue weighted by atomic mass is 9.75. The molecule has 6 nitrogen and oxygen atoms in total. The number of hydrogen-bond acceptors (Lipinski definition) is 7. The van der Waals surface area contributed by atoms with Gasteiger partial charge in [-0.1, -0.05) is 19.0 Å². The molecule has 2 aromatic heterocycles. The van der Waals surface area contributed by atoms with E-state index in [-0.39, 0.29) is 13.2 Å². The normalized spacial score (nSPS) is 16.3. The molecule has 7 heteroatoms. The summed E-state index contributed by atoms with van der Waals surface area (Å²) in [5.41, 5.74) is 11.4. The number of ether oxygens (including phenoxy) is 1. The van der Waals surface area contributed by atoms with Crippen molar-refractivity contribution >= 4 is 11.3 Å². The summed E-state index contributed by atoms with van der Waals surface area (Å²) < 4.78 is 11.4. The zero-order valence-electron chi connectivity index (χ0n) is 18.0. The molecule has 30 heavy (non-hydrogen) atoms. The monoisotopic (exact) mass is 427 g/mol. The van der Waals surface area contributed by atoms with Gasteiger partial charge in [-0.15, -0.1) is 11.3 Å². The van der Waals surface area contributed by atoms with Crippen LogP contribution < -0.4 is 10.5 Å². The molecule has 160 valence electrons. The first-order chi connectivity index (χ1) is 14.3. The number of fused-ring (bicyclic) bond motifs is 1. The molecular formula is C23H29N3O3S. The van der Waals surface area contributed by atoms with Crippen molar-refractivity contribution in [3.05, 3.63) is 39.8 Å². The Balaban J connectivity index is 1.59. The van der Waals surface area contributed by atoms with Crippen LogP contribution in [0.3, 0.4) is 0 Å². The minimum atomic E-state index is -0.675. The van der Waals surface area contributed by atoms with Crippen LogP contribution in [0.2, 0.25) is 0 Å². The van der Waals surface area contributed by atoms with Crippen LogP contribution in [0.5, 0.6) is 5.75 Å². The van der Waals surface area contributed by atoms with Gasteiger partial charge < -0.3 is 20.1 Å². The minimum Gasteiger partial charge on any atom is -0.490 e. The molecule has 1 unspecified atom stereocenters. The van der Waals surface area contributed by atoms with Crippen LogP contribution in [0, 0.1) is 19.3 Å². The standard InChI is InChI=1S/C23H29N3O3S/c1-13-7-15(8-14(2)19(13)28-11-17(27)10-24)21-25-22(29-26-21)20-18-5-6-23(3,4)9-16(18)12-30-20/h7-8,12,17,27H,5-6,9-11,24H2,1-4H3. The summed E-state index contributed by atoms with van der Waals surface area (Å²) in [6.45, 7) is 8.94. The first-order valence-electron chi connectivity index (χ1n) is 10.3. The van der Waals surface area contributed by atoms with Crippen LogP contribution in [-0.2, 0) is 12.8 Å². The molecule has 0 aliphatic heterocycles. The number of aryl methyl sites for hydroxylation is 2. The molecule has 0 bridgehead atoms. The van der Waals surface area contributed by atoms with Crippen molar-refractivity contribution in [1.82, 2.24) is 10.1 Å². The zero-order chi connectivity index (χ0) is 21.5. The van der Waals surface area contributed by atoms with Crippen molar-refractivity contribution in [3.63, 3.8) is 0 Å². The van der Waals surface area contributed by atoms with Gasteiger partial charge in [0.1, 0.15) is 18.5 Å². The molecule has 4 rings (SSSR count). The Kier molecular flexibility index (Phi) is 5.70. The average molecular weight is 428 g/mol. The van der Waals surface area contributed by atoms with E-state index < -0.39 is 6.10 Å². The molecule has 1 atom stereocenters. The second-order valence-corrected chi connectivity index (χ2v) is 9.85. The van der Waals surface area contributed by atoms with Crippen molar-refractivity contribution in [2.75, 3.05) is 13.2 Å². The topological polar surface area (TPSA) is 94.4 Å². The van der Waals surface area contributed by atoms with Crippen molar-refractivity contribution in [2.45, 2.75) is 53.1 Å². The molecule has 1 aliphatic rings. The summed E-state index contributed by atoms with van der Waals surface area (Å²) >= 11 is 1.70. The van der Waals surface area contributed by atoms with E-state index in [1.54, 1.807) is 11.3 Å². The lowest BCUT2D eigenvalue weighted by Crippen LogP contribution is -2.26. The predicted octanol–water partition coefficient (Wildman–Crippen LogP) is 4.30. The average Bonchev–Trinajstić information content (AvgIpc) is 3.32. The largest absolute Gasteiger partial charge is 0.490 e. The van der Waals surface area contributed by atoms with Gasteiger partial charge in [-0.05, 0) is 78.3 Å². The first-order valence-corrected chi connectivity index (χ1v) is 11.2. The molecule has 0 amide bonds. The number of hydrogen-bond donors (Lipinski definition) is 2. The Bertz CT molecular complexity index is 1030. The van der Waals surface area contributed by atoms with Gasteiger partial charge in [-0.3, -0.25) is 0 Å². The molecule has 0 fully saturated rings. The lowest BCUT2D eigenvalue weighted by molar-refractivity contribution is 0.113. The zero-order valence-corrected chi connectivity index (χ0v) is 18.8. The van der Waals surface area contributed by atoms with Crippen LogP contribution in [0.1, 0.15) is 42.5 Å². The Morgan fingerprint density at radius 2 is 2.03 bits per heavy atom. The van der Waals surface area contributed by atoms with Crippen LogP contribution in [0.15, 0.2) is 22.0 Å². The highest BCUT2D eigenvalue weighted by molar-refractivity contribution is 7.13. The van der Waals surface area contributed by atoms with E-state index in [4.69, 9.17) is 20.0 Å². The van der Waals surface area contributed by atoms with E-state index in [1.807, 2.05) is 26.0 Å². The van der Waals surface area contributed by atoms with Gasteiger partial charge in [-0.25, -0.2) is 0 Å². The SMILES string of the molecule is Cc1cc(-c2noc(-c3scc4c3CCC(C)(C)C4)n2)cc(C)c1OCC(O)CN. The molecule has 2 heterocycles. The van der Waals surface area contributed by atoms with Crippen molar-refractivity contribution in [2.24, 2.45) is 11.1 Å². The number of thiophene rings is 1. The van der Waals surface area contributed by atoms with Gasteiger partial charge in [0.2, 0.25) is 5.82 Å². The Morgan fingerprint density at radius 3 is 2.73 bits per heavy atom. The fraction of sp³-hybridized carbons (Fsp3) is 0.478. The molecule has 0 saturated carbocycles. The molecule has 3 N–H and O–H groups in total. The number of aliphatic hydroxyl groups excluding tert-OH is 1. The summed E-state index contributed by atoms with van der Waals surface area (Å²) in [6.07, 6.45) is 2.64. The molecule has 0 radical (unpaired) electrons. The van der Waals surface area contributed by atoms with Crippen LogP contribution >= 0.6 is 11.3 Å². The minimum absolute atomic E-state index is 0.171. The second kappa shape index (κ2) is 8.13. The molecule has 1 aromatic carbocycles. The third-order valence-corrected chi connectivity index (χ3v) is 6.79. The maximum absolute atomic E-state index is 9.66. The summed E-state index contributed by atoms with van der Waals surface area (Å²) in [7, 11) is 0. The lowest BCUT2D eigenvalue weighted by Gasteiger charge is -2.29. The highest BCUT2D eigenvalue weighted by Crippen LogP contribution is 2.42. The highest BCUT2D eigenvalue weighted by atomic mass is 32.1. The van der Waals surface area contributed by atoms with Crippen molar-refractivity contribution in [1.29, 1.82) is 0 Å². The quantitative estimate of drug-likeness (QED) is 0.609. The number of benzene rings is 1. The van der Waals surface area contributed by atoms with E-state index in [1.165, 1.54) is 17.5 Å². The van der Waals surface area contributed by atoms with Crippen molar-refractivity contribution < 1.29 is 14.4 Å². The van der Waals surface area contributed by atoms with Crippen molar-refractivity contribution in [3.8, 4) is 27.9 Å². The van der Waals surface area contributed by atoms with Gasteiger partial charge in [0.05, 0.1) is 4.88 Å². The molecule has 3 aromatic rings. The second-order valence-electron chi connectivity index (χ2n) is 8.97. The number of aromatic nitrogens is 2. The number of nitrogens with zero attached hydrogens (tertiary/aromatic N) is 2. The molecule has 0 saturated heterocycles. The number of nitrogens with two attached hydrogens (primary N) is 1. The Morgan fingerprint density at radius 1 is 1.30 bits per heavy atom. The van der Waals surface area contributed by atoms with E-state index in [0.29, 0.717) is 17.1 Å². The third-order valence-electron chi connectivity index (χ3n) is 5.73. The van der Waals surface area contributed by atoms with Crippen LogP contribution in [0.25, 0.3) is 22.2 Å². The number of aliphatic hydroxyl groups is 1. The molecular weight excluding hydrogens is 398 g/mol. The number of rotatable bonds is 6. The Labute approximate surface area is 181 Å². The summed E-state index contributed by atoms with van der Waals surface area (Å²) in [4.78, 5) is 5.80. The van der Waals surface area contributed by atoms with Crippen LogP contribution in [0.4, 0.5) is 0 Å². The molecule has 0 spiro atoms. The maximum Gasteiger partial charge on any atom is 0.268 e.